The largest absolute Gasteiger partial charge is 0.542 e. The van der Waals surface area contributed by atoms with Crippen LogP contribution in [0.5, 0.6) is 0 Å². The summed E-state index contributed by atoms with van der Waals surface area (Å²) in [7, 11) is 1.52. The first-order valence-corrected chi connectivity index (χ1v) is 28.5. The number of aldehydes is 2. The molecule has 2 aliphatic heterocycles. The highest BCUT2D eigenvalue weighted by Gasteiger charge is 2.57. The van der Waals surface area contributed by atoms with Crippen LogP contribution in [0.25, 0.3) is 0 Å². The summed E-state index contributed by atoms with van der Waals surface area (Å²) < 4.78 is 10.0. The maximum Gasteiger partial charge on any atom is 0.542 e. The molecule has 2 saturated heterocycles. The van der Waals surface area contributed by atoms with E-state index in [2.05, 4.69) is 21.0 Å². The van der Waals surface area contributed by atoms with Crippen LogP contribution in [0.15, 0.2) is 0 Å². The van der Waals surface area contributed by atoms with E-state index in [1.54, 1.807) is 13.8 Å². The molecule has 3 unspecified atom stereocenters. The normalized spacial score (nSPS) is 25.4. The molecule has 4 aliphatic rings. The zero-order chi connectivity index (χ0) is 65.7. The summed E-state index contributed by atoms with van der Waals surface area (Å²) >= 11 is 0. The van der Waals surface area contributed by atoms with Gasteiger partial charge in [0.2, 0.25) is 47.3 Å². The van der Waals surface area contributed by atoms with Gasteiger partial charge in [0.05, 0.1) is 25.2 Å². The summed E-state index contributed by atoms with van der Waals surface area (Å²) in [6.07, 6.45) is 7.85. The van der Waals surface area contributed by atoms with Crippen molar-refractivity contribution in [3.63, 3.8) is 0 Å². The number of hydrazine groups is 1. The van der Waals surface area contributed by atoms with Gasteiger partial charge in [-0.25, -0.2) is 9.74 Å². The van der Waals surface area contributed by atoms with Crippen molar-refractivity contribution in [1.82, 2.24) is 21.1 Å². The van der Waals surface area contributed by atoms with Gasteiger partial charge in [0.25, 0.3) is 6.47 Å². The molecule has 2 aliphatic carbocycles. The van der Waals surface area contributed by atoms with E-state index in [1.165, 1.54) is 12.1 Å². The van der Waals surface area contributed by atoms with Gasteiger partial charge in [-0.05, 0) is 130 Å². The average Bonchev–Trinajstić information content (AvgIpc) is 2.68. The van der Waals surface area contributed by atoms with E-state index in [-0.39, 0.29) is 73.5 Å². The second kappa shape index (κ2) is 36.5. The van der Waals surface area contributed by atoms with Crippen LogP contribution in [0.1, 0.15) is 193 Å². The highest BCUT2D eigenvalue weighted by molar-refractivity contribution is 6.04. The van der Waals surface area contributed by atoms with Crippen LogP contribution in [0.2, 0.25) is 0 Å². The Hall–Kier alpha value is -7.18. The number of carboxylic acid groups (broad SMARTS) is 3. The zero-order valence-corrected chi connectivity index (χ0v) is 51.8. The number of unbranched alkanes of at least 4 members (excludes halogenated alkanes) is 2. The average molecular weight is 1190 g/mol. The molecule has 25 heteroatoms. The second-order valence-corrected chi connectivity index (χ2v) is 23.1. The second-order valence-electron chi connectivity index (χ2n) is 23.1. The van der Waals surface area contributed by atoms with Crippen molar-refractivity contribution in [3.05, 3.63) is 33.4 Å². The van der Waals surface area contributed by atoms with E-state index < -0.39 is 62.8 Å². The number of hydrogen-bond acceptors (Lipinski definition) is 15. The van der Waals surface area contributed by atoms with Crippen LogP contribution < -0.4 is 33.3 Å². The van der Waals surface area contributed by atoms with Crippen LogP contribution in [0.4, 0.5) is 9.32 Å². The number of imide groups is 2. The van der Waals surface area contributed by atoms with Crippen molar-refractivity contribution in [3.8, 4) is 0 Å². The van der Waals surface area contributed by atoms with Crippen molar-refractivity contribution in [2.75, 3.05) is 13.6 Å². The van der Waals surface area contributed by atoms with Crippen LogP contribution in [-0.4, -0.2) is 112 Å². The molecule has 1 aromatic carbocycles. The highest BCUT2D eigenvalue weighted by Crippen LogP contribution is 2.52. The van der Waals surface area contributed by atoms with Crippen molar-refractivity contribution in [1.29, 1.82) is 0 Å². The van der Waals surface area contributed by atoms with Gasteiger partial charge in [-0.15, -0.1) is 0 Å². The number of halogens is 1. The molecule has 8 atom stereocenters. The number of nitrogens with one attached hydrogen (secondary N) is 3. The Bertz CT molecular complexity index is 2470. The number of rotatable bonds is 17. The van der Waals surface area contributed by atoms with Gasteiger partial charge in [-0.2, -0.15) is 0 Å². The Kier molecular flexibility index (Phi) is 34.3. The number of nitrogens with two attached hydrogens (primary N) is 3. The first kappa shape index (κ1) is 78.9. The van der Waals surface area contributed by atoms with Gasteiger partial charge in [-0.1, -0.05) is 89.0 Å². The van der Waals surface area contributed by atoms with Gasteiger partial charge in [0, 0.05) is 51.0 Å². The van der Waals surface area contributed by atoms with Gasteiger partial charge >= 0.3 is 12.1 Å². The number of piperidine rings is 1. The third-order valence-corrected chi connectivity index (χ3v) is 15.4. The SMILES string of the molecule is CC.CC.CCC[C@@]1(C)CC(C=O)CC(=O)NC1=O.C[C@]12CC(C(=O)O)C[C@](C)(C1)C(=O)NC2=O.Cc1c(CC(N)=O)c(C)c(CC(=O)NN(C)C(=O)[C@]2(C)CC(C)C[C@](C)(C=O)C2)c(CCCCCN)c1CC(N)=O.O=C(O)OF.O=CO. The van der Waals surface area contributed by atoms with Gasteiger partial charge in [0.15, 0.2) is 0 Å². The highest BCUT2D eigenvalue weighted by atomic mass is 19.3. The lowest BCUT2D eigenvalue weighted by Crippen LogP contribution is -2.60. The standard InChI is InChI=1S/C31H49N5O5.C11H15NO4.C11H17NO3.2C2H6.CHFO3.CH2O2/c1-19-15-30(4,18-37)17-31(5,16-19)29(41)36(6)35-28(40)14-25-21(3)23(12-26(33)38)20(2)24(13-27(34)39)22(25)10-8-7-9-11-32;1-10-3-6(7(13)14)4-11(2,5-10)9(16)12-8(10)15;1-3-4-11(2)6-8(7-13)5-9(14)12-10(11)15;2*1-2;2-5-1(3)4;2-1-3/h18-19H,7-17,32H2,1-6H3,(H2,33,38)(H2,34,39)(H,35,40);6H,3-5H2,1-2H3,(H,13,14)(H,12,15,16);7-8H,3-6H2,1-2H3,(H,12,14,15);2*1-2H3;(H,3,4);1H,(H,2,3)/t19?,30-,31+;6?,10-,11+;8?,11-;;;;/m0.0..../s1. The molecule has 0 aromatic heterocycles. The molecule has 24 nitrogen and oxygen atoms in total. The molecule has 0 radical (unpaired) electrons. The molecule has 476 valence electrons. The van der Waals surface area contributed by atoms with E-state index in [0.717, 1.165) is 66.9 Å². The number of carbonyl (C=O) groups excluding carboxylic acids is 10. The minimum atomic E-state index is -1.91. The van der Waals surface area contributed by atoms with E-state index in [9.17, 15) is 57.3 Å². The van der Waals surface area contributed by atoms with Gasteiger partial charge < -0.3 is 42.1 Å². The Balaban J connectivity index is 0. The fourth-order valence-electron chi connectivity index (χ4n) is 12.3. The van der Waals surface area contributed by atoms with Crippen LogP contribution in [-0.2, 0) is 88.2 Å². The Morgan fingerprint density at radius 1 is 0.738 bits per heavy atom. The molecule has 2 bridgehead atoms. The number of carbonyl (C=O) groups is 13. The summed E-state index contributed by atoms with van der Waals surface area (Å²) in [5.74, 6) is -4.59. The molecule has 12 N–H and O–H groups in total. The smallest absolute Gasteiger partial charge is 0.483 e. The molecule has 1 aromatic rings. The molecule has 0 spiro atoms. The molecule has 4 fully saturated rings. The van der Waals surface area contributed by atoms with Crippen LogP contribution in [0.3, 0.4) is 0 Å². The van der Waals surface area contributed by atoms with E-state index in [0.29, 0.717) is 69.0 Å². The molecular weight excluding hydrogens is 1100 g/mol. The molecular formula is C59H96FN7O17. The number of benzene rings is 1. The monoisotopic (exact) mass is 1190 g/mol. The molecule has 84 heavy (non-hydrogen) atoms. The minimum Gasteiger partial charge on any atom is -0.483 e. The number of aliphatic carboxylic acids is 1. The van der Waals surface area contributed by atoms with Crippen molar-refractivity contribution in [2.24, 2.45) is 62.0 Å². The molecule has 2 heterocycles. The molecule has 8 amide bonds. The predicted molar refractivity (Wildman–Crippen MR) is 309 cm³/mol. The van der Waals surface area contributed by atoms with Crippen molar-refractivity contribution < 1.29 is 87.1 Å². The quantitative estimate of drug-likeness (QED) is 0.0374. The van der Waals surface area contributed by atoms with Gasteiger partial charge in [-0.3, -0.25) is 69.0 Å². The van der Waals surface area contributed by atoms with Crippen molar-refractivity contribution >= 4 is 78.4 Å². The van der Waals surface area contributed by atoms with E-state index in [1.807, 2.05) is 76.2 Å². The topological polar surface area (TPSA) is 409 Å². The van der Waals surface area contributed by atoms with Crippen LogP contribution in [0, 0.1) is 58.7 Å². The Morgan fingerprint density at radius 3 is 1.65 bits per heavy atom. The lowest BCUT2D eigenvalue weighted by Gasteiger charge is -2.48. The third-order valence-electron chi connectivity index (χ3n) is 15.4. The molecule has 5 rings (SSSR count). The first-order chi connectivity index (χ1) is 39.0. The Morgan fingerprint density at radius 2 is 1.23 bits per heavy atom. The summed E-state index contributed by atoms with van der Waals surface area (Å²) in [4.78, 5) is 150. The lowest BCUT2D eigenvalue weighted by molar-refractivity contribution is -0.162. The maximum atomic E-state index is 13.6. The van der Waals surface area contributed by atoms with Crippen LogP contribution >= 0.6 is 0 Å². The summed E-state index contributed by atoms with van der Waals surface area (Å²) in [5.41, 5.74) is 20.7. The summed E-state index contributed by atoms with van der Waals surface area (Å²) in [6, 6.07) is 0. The van der Waals surface area contributed by atoms with E-state index >= 15 is 0 Å². The number of hydrogen-bond donors (Lipinski definition) is 9. The Labute approximate surface area is 493 Å². The number of fused-ring (bicyclic) bond motifs is 2. The summed E-state index contributed by atoms with van der Waals surface area (Å²) in [5, 5.41) is 29.0. The first-order valence-electron chi connectivity index (χ1n) is 28.5. The fraction of sp³-hybridized carbons (Fsp3) is 0.678. The van der Waals surface area contributed by atoms with E-state index in [4.69, 9.17) is 42.1 Å². The maximum absolute atomic E-state index is 13.6. The number of primary amides is 2. The predicted octanol–water partition coefficient (Wildman–Crippen LogP) is 6.00. The van der Waals surface area contributed by atoms with Gasteiger partial charge in [0.1, 0.15) is 12.6 Å². The lowest BCUT2D eigenvalue weighted by atomic mass is 9.57. The fourth-order valence-corrected chi connectivity index (χ4v) is 12.3. The minimum absolute atomic E-state index is 0.0247. The number of nitrogens with zero attached hydrogens (tertiary/aromatic N) is 1. The number of carboxylic acids is 1. The molecule has 2 saturated carbocycles. The third kappa shape index (κ3) is 23.8. The number of amides is 8. The zero-order valence-electron chi connectivity index (χ0n) is 51.8. The summed E-state index contributed by atoms with van der Waals surface area (Å²) in [6.45, 7) is 25.1. The van der Waals surface area contributed by atoms with Crippen molar-refractivity contribution in [2.45, 2.75) is 199 Å².